The van der Waals surface area contributed by atoms with Crippen LogP contribution in [0.3, 0.4) is 0 Å². The fourth-order valence-electron chi connectivity index (χ4n) is 2.50. The average molecular weight is 399 g/mol. The maximum Gasteiger partial charge on any atom is 0.341 e. The number of benzene rings is 2. The summed E-state index contributed by atoms with van der Waals surface area (Å²) in [5, 5.41) is 17.9. The Balaban J connectivity index is 1.70. The summed E-state index contributed by atoms with van der Waals surface area (Å²) in [6.07, 6.45) is 1.11. The van der Waals surface area contributed by atoms with Crippen LogP contribution >= 0.6 is 23.1 Å². The maximum atomic E-state index is 14.5. The average Bonchev–Trinajstić information content (AvgIpc) is 3.12. The van der Waals surface area contributed by atoms with Gasteiger partial charge in [0.05, 0.1) is 10.4 Å². The number of rotatable bonds is 4. The summed E-state index contributed by atoms with van der Waals surface area (Å²) in [7, 11) is 0. The molecule has 0 saturated heterocycles. The minimum absolute atomic E-state index is 0.0148. The monoisotopic (exact) mass is 399 g/mol. The molecule has 0 fully saturated rings. The molecule has 2 aromatic heterocycles. The van der Waals surface area contributed by atoms with Crippen molar-refractivity contribution >= 4 is 40.0 Å². The third-order valence-electron chi connectivity index (χ3n) is 3.79. The topological polar surface area (TPSA) is 95.9 Å². The van der Waals surface area contributed by atoms with E-state index in [9.17, 15) is 14.0 Å². The van der Waals surface area contributed by atoms with Gasteiger partial charge < -0.3 is 10.1 Å². The van der Waals surface area contributed by atoms with E-state index in [1.807, 2.05) is 30.3 Å². The van der Waals surface area contributed by atoms with E-state index in [1.54, 1.807) is 0 Å². The van der Waals surface area contributed by atoms with E-state index in [1.165, 1.54) is 17.4 Å². The number of carbonyl (C=O) groups is 1. The Kier molecular flexibility index (Phi) is 4.46. The van der Waals surface area contributed by atoms with E-state index in [0.717, 1.165) is 34.6 Å². The van der Waals surface area contributed by atoms with Gasteiger partial charge in [-0.2, -0.15) is 0 Å². The molecule has 4 aromatic rings. The largest absolute Gasteiger partial charge is 0.477 e. The van der Waals surface area contributed by atoms with Crippen LogP contribution in [0.2, 0.25) is 0 Å². The zero-order valence-corrected chi connectivity index (χ0v) is 15.1. The van der Waals surface area contributed by atoms with Crippen LogP contribution in [0.4, 0.5) is 4.39 Å². The number of halogens is 1. The molecule has 9 heteroatoms. The predicted molar refractivity (Wildman–Crippen MR) is 101 cm³/mol. The third kappa shape index (κ3) is 3.34. The smallest absolute Gasteiger partial charge is 0.341 e. The first-order chi connectivity index (χ1) is 13.0. The van der Waals surface area contributed by atoms with Crippen LogP contribution in [0.25, 0.3) is 21.5 Å². The van der Waals surface area contributed by atoms with Crippen LogP contribution in [0.15, 0.2) is 62.7 Å². The predicted octanol–water partition coefficient (Wildman–Crippen LogP) is 4.04. The highest BCUT2D eigenvalue weighted by Crippen LogP contribution is 2.36. The van der Waals surface area contributed by atoms with Crippen molar-refractivity contribution in [1.82, 2.24) is 15.2 Å². The minimum atomic E-state index is -1.36. The highest BCUT2D eigenvalue weighted by molar-refractivity contribution is 8.01. The molecule has 2 N–H and O–H groups in total. The Morgan fingerprint density at radius 2 is 1.96 bits per heavy atom. The molecule has 2 heterocycles. The van der Waals surface area contributed by atoms with Gasteiger partial charge >= 0.3 is 5.97 Å². The van der Waals surface area contributed by atoms with E-state index < -0.39 is 22.8 Å². The van der Waals surface area contributed by atoms with Crippen molar-refractivity contribution in [2.75, 3.05) is 0 Å². The van der Waals surface area contributed by atoms with Gasteiger partial charge in [-0.25, -0.2) is 9.18 Å². The molecule has 2 aromatic carbocycles. The summed E-state index contributed by atoms with van der Waals surface area (Å²) in [6, 6.07) is 12.0. The lowest BCUT2D eigenvalue weighted by molar-refractivity contribution is 0.0695. The Morgan fingerprint density at radius 1 is 1.19 bits per heavy atom. The Hall–Kier alpha value is -3.04. The first-order valence-corrected chi connectivity index (χ1v) is 9.31. The SMILES string of the molecule is O=C(O)c1c[nH]c2cc(Sc3nnc(-c4ccccc4)s3)c(F)cc2c1=O. The fraction of sp³-hybridized carbons (Fsp3) is 0. The normalized spacial score (nSPS) is 11.0. The standard InChI is InChI=1S/C18H10FN3O3S2/c19-12-6-10-13(20-8-11(15(10)23)17(24)25)7-14(12)26-18-22-21-16(27-18)9-4-2-1-3-5-9/h1-8H,(H,20,23)(H,24,25). The minimum Gasteiger partial charge on any atom is -0.477 e. The Bertz CT molecular complexity index is 1220. The summed E-state index contributed by atoms with van der Waals surface area (Å²) < 4.78 is 15.0. The molecule has 134 valence electrons. The number of aromatic amines is 1. The molecule has 0 aliphatic heterocycles. The number of fused-ring (bicyclic) bond motifs is 1. The van der Waals surface area contributed by atoms with Crippen molar-refractivity contribution in [3.05, 3.63) is 70.3 Å². The molecule has 4 rings (SSSR count). The number of carboxylic acids is 1. The second-order valence-corrected chi connectivity index (χ2v) is 7.77. The molecule has 0 bridgehead atoms. The molecule has 0 aliphatic carbocycles. The van der Waals surface area contributed by atoms with Crippen molar-refractivity contribution in [2.45, 2.75) is 9.24 Å². The molecule has 6 nitrogen and oxygen atoms in total. The maximum absolute atomic E-state index is 14.5. The summed E-state index contributed by atoms with van der Waals surface area (Å²) in [5.41, 5.74) is 0.112. The van der Waals surface area contributed by atoms with Gasteiger partial charge in [0, 0.05) is 17.1 Å². The first kappa shape index (κ1) is 17.4. The van der Waals surface area contributed by atoms with Gasteiger partial charge in [0.2, 0.25) is 5.43 Å². The number of carboxylic acid groups (broad SMARTS) is 1. The number of aromatic nitrogens is 3. The zero-order chi connectivity index (χ0) is 19.0. The van der Waals surface area contributed by atoms with E-state index in [4.69, 9.17) is 5.11 Å². The van der Waals surface area contributed by atoms with E-state index in [0.29, 0.717) is 9.86 Å². The van der Waals surface area contributed by atoms with Gasteiger partial charge in [0.1, 0.15) is 16.4 Å². The molecule has 0 radical (unpaired) electrons. The third-order valence-corrected chi connectivity index (χ3v) is 5.84. The lowest BCUT2D eigenvalue weighted by Gasteiger charge is -2.04. The second-order valence-electron chi connectivity index (χ2n) is 5.51. The molecule has 27 heavy (non-hydrogen) atoms. The second kappa shape index (κ2) is 6.93. The van der Waals surface area contributed by atoms with Gasteiger partial charge in [-0.3, -0.25) is 4.79 Å². The number of nitrogens with zero attached hydrogens (tertiary/aromatic N) is 2. The first-order valence-electron chi connectivity index (χ1n) is 7.68. The zero-order valence-electron chi connectivity index (χ0n) is 13.5. The molecular weight excluding hydrogens is 389 g/mol. The van der Waals surface area contributed by atoms with Crippen LogP contribution in [-0.2, 0) is 0 Å². The number of nitrogens with one attached hydrogen (secondary N) is 1. The van der Waals surface area contributed by atoms with Crippen LogP contribution in [0, 0.1) is 5.82 Å². The number of hydrogen-bond acceptors (Lipinski definition) is 6. The van der Waals surface area contributed by atoms with Gasteiger partial charge in [-0.1, -0.05) is 53.4 Å². The van der Waals surface area contributed by atoms with Crippen LogP contribution in [-0.4, -0.2) is 26.3 Å². The molecule has 0 atom stereocenters. The molecule has 0 spiro atoms. The van der Waals surface area contributed by atoms with E-state index in [-0.39, 0.29) is 10.3 Å². The number of aromatic carboxylic acids is 1. The van der Waals surface area contributed by atoms with Gasteiger partial charge in [0.25, 0.3) is 0 Å². The molecule has 0 saturated carbocycles. The quantitative estimate of drug-likeness (QED) is 0.538. The van der Waals surface area contributed by atoms with Gasteiger partial charge in [0.15, 0.2) is 4.34 Å². The molecule has 0 unspecified atom stereocenters. The van der Waals surface area contributed by atoms with Gasteiger partial charge in [-0.05, 0) is 12.1 Å². The lowest BCUT2D eigenvalue weighted by atomic mass is 10.1. The lowest BCUT2D eigenvalue weighted by Crippen LogP contribution is -2.15. The number of H-pyrrole nitrogens is 1. The molecule has 0 amide bonds. The summed E-state index contributed by atoms with van der Waals surface area (Å²) in [4.78, 5) is 26.2. The fourth-order valence-corrected chi connectivity index (χ4v) is 4.36. The van der Waals surface area contributed by atoms with Crippen molar-refractivity contribution in [1.29, 1.82) is 0 Å². The summed E-state index contributed by atoms with van der Waals surface area (Å²) in [6.45, 7) is 0. The van der Waals surface area contributed by atoms with Crippen molar-refractivity contribution in [3.8, 4) is 10.6 Å². The van der Waals surface area contributed by atoms with Crippen molar-refractivity contribution in [2.24, 2.45) is 0 Å². The molecule has 0 aliphatic rings. The van der Waals surface area contributed by atoms with Crippen LogP contribution < -0.4 is 5.43 Å². The summed E-state index contributed by atoms with van der Waals surface area (Å²) >= 11 is 2.42. The highest BCUT2D eigenvalue weighted by atomic mass is 32.2. The number of pyridine rings is 1. The van der Waals surface area contributed by atoms with Crippen LogP contribution in [0.5, 0.6) is 0 Å². The Morgan fingerprint density at radius 3 is 2.70 bits per heavy atom. The van der Waals surface area contributed by atoms with E-state index in [2.05, 4.69) is 15.2 Å². The highest BCUT2D eigenvalue weighted by Gasteiger charge is 2.16. The molecular formula is C18H10FN3O3S2. The summed E-state index contributed by atoms with van der Waals surface area (Å²) in [5.74, 6) is -1.99. The van der Waals surface area contributed by atoms with Crippen LogP contribution in [0.1, 0.15) is 10.4 Å². The van der Waals surface area contributed by atoms with Crippen molar-refractivity contribution in [3.63, 3.8) is 0 Å². The van der Waals surface area contributed by atoms with Crippen molar-refractivity contribution < 1.29 is 14.3 Å². The number of hydrogen-bond donors (Lipinski definition) is 2. The van der Waals surface area contributed by atoms with Gasteiger partial charge in [-0.15, -0.1) is 10.2 Å². The van der Waals surface area contributed by atoms with E-state index >= 15 is 0 Å². The Labute approximate surface area is 159 Å².